The minimum atomic E-state index is -1.68. The predicted molar refractivity (Wildman–Crippen MR) is 170 cm³/mol. The SMILES string of the molecule is CC(C)(Br)C(=O)OC[C@H]1O[C@@H](OC(=O)C(C)(C)Br)[C@H](OC(=O)C(C)(C)Br)[C@@H](OC(=O)C(C)(C)Br)[C@@H]1OC(=O)C(C)(C)Br. The molecule has 1 aliphatic heterocycles. The van der Waals surface area contributed by atoms with E-state index < -0.39 is 88.8 Å². The van der Waals surface area contributed by atoms with Crippen LogP contribution in [-0.4, -0.2) is 88.8 Å². The number of ether oxygens (including phenoxy) is 6. The van der Waals surface area contributed by atoms with Gasteiger partial charge in [-0.2, -0.15) is 0 Å². The van der Waals surface area contributed by atoms with E-state index >= 15 is 0 Å². The quantitative estimate of drug-likeness (QED) is 0.150. The van der Waals surface area contributed by atoms with Crippen LogP contribution in [-0.2, 0) is 52.4 Å². The summed E-state index contributed by atoms with van der Waals surface area (Å²) in [4.78, 5) is 64.9. The zero-order valence-electron chi connectivity index (χ0n) is 25.0. The molecule has 1 fully saturated rings. The van der Waals surface area contributed by atoms with E-state index in [2.05, 4.69) is 79.6 Å². The molecule has 0 bridgehead atoms. The van der Waals surface area contributed by atoms with E-state index in [1.54, 1.807) is 13.8 Å². The predicted octanol–water partition coefficient (Wildman–Crippen LogP) is 5.40. The maximum atomic E-state index is 13.2. The fourth-order valence-electron chi connectivity index (χ4n) is 2.88. The molecule has 242 valence electrons. The van der Waals surface area contributed by atoms with Gasteiger partial charge in [-0.15, -0.1) is 0 Å². The van der Waals surface area contributed by atoms with Gasteiger partial charge in [-0.3, -0.25) is 24.0 Å². The molecule has 1 heterocycles. The van der Waals surface area contributed by atoms with Crippen molar-refractivity contribution in [3.63, 3.8) is 0 Å². The largest absolute Gasteiger partial charge is 0.462 e. The number of halogens is 5. The first-order valence-electron chi connectivity index (χ1n) is 12.7. The van der Waals surface area contributed by atoms with Gasteiger partial charge in [0.05, 0.1) is 0 Å². The normalized spacial score (nSPS) is 23.8. The molecule has 0 amide bonds. The second kappa shape index (κ2) is 14.4. The van der Waals surface area contributed by atoms with Crippen LogP contribution in [0.15, 0.2) is 0 Å². The molecule has 0 spiro atoms. The maximum Gasteiger partial charge on any atom is 0.324 e. The summed E-state index contributed by atoms with van der Waals surface area (Å²) < 4.78 is 28.4. The molecule has 16 heteroatoms. The van der Waals surface area contributed by atoms with Gasteiger partial charge in [0.25, 0.3) is 0 Å². The third kappa shape index (κ3) is 11.9. The van der Waals surface area contributed by atoms with Crippen LogP contribution < -0.4 is 0 Å². The molecular weight excluding hydrogens is 888 g/mol. The van der Waals surface area contributed by atoms with E-state index in [0.717, 1.165) is 0 Å². The second-order valence-electron chi connectivity index (χ2n) is 12.0. The van der Waals surface area contributed by atoms with Gasteiger partial charge >= 0.3 is 29.8 Å². The summed E-state index contributed by atoms with van der Waals surface area (Å²) in [5, 5.41) is 0. The van der Waals surface area contributed by atoms with Crippen LogP contribution in [0.1, 0.15) is 69.2 Å². The highest BCUT2D eigenvalue weighted by atomic mass is 79.9. The van der Waals surface area contributed by atoms with E-state index in [0.29, 0.717) is 0 Å². The molecule has 0 radical (unpaired) electrons. The summed E-state index contributed by atoms with van der Waals surface area (Å²) >= 11 is 16.2. The molecule has 0 aromatic heterocycles. The number of hydrogen-bond donors (Lipinski definition) is 0. The summed E-state index contributed by atoms with van der Waals surface area (Å²) in [5.74, 6) is -3.94. The molecule has 11 nitrogen and oxygen atoms in total. The Morgan fingerprint density at radius 2 is 0.810 bits per heavy atom. The van der Waals surface area contributed by atoms with E-state index in [1.807, 2.05) is 0 Å². The zero-order valence-corrected chi connectivity index (χ0v) is 32.9. The van der Waals surface area contributed by atoms with E-state index in [-0.39, 0.29) is 0 Å². The van der Waals surface area contributed by atoms with Crippen molar-refractivity contribution in [2.75, 3.05) is 6.61 Å². The zero-order chi connectivity index (χ0) is 33.2. The lowest BCUT2D eigenvalue weighted by molar-refractivity contribution is -0.302. The van der Waals surface area contributed by atoms with Crippen molar-refractivity contribution in [2.24, 2.45) is 0 Å². The average Bonchev–Trinajstić information content (AvgIpc) is 2.77. The number of esters is 5. The molecule has 0 unspecified atom stereocenters. The number of carbonyl (C=O) groups is 5. The Labute approximate surface area is 288 Å². The lowest BCUT2D eigenvalue weighted by Gasteiger charge is -2.45. The highest BCUT2D eigenvalue weighted by molar-refractivity contribution is 9.11. The minimum Gasteiger partial charge on any atom is -0.462 e. The van der Waals surface area contributed by atoms with Crippen molar-refractivity contribution in [2.45, 2.75) is 122 Å². The molecular formula is C26H37Br5O11. The molecule has 0 aromatic carbocycles. The summed E-state index contributed by atoms with van der Waals surface area (Å²) in [6.45, 7) is 14.8. The van der Waals surface area contributed by atoms with Gasteiger partial charge in [-0.05, 0) is 69.2 Å². The Bertz CT molecular complexity index is 1030. The monoisotopic (exact) mass is 920 g/mol. The molecule has 0 aromatic rings. The van der Waals surface area contributed by atoms with Gasteiger partial charge in [-0.1, -0.05) is 79.6 Å². The number of carbonyl (C=O) groups excluding carboxylic acids is 5. The van der Waals surface area contributed by atoms with Crippen LogP contribution in [0.5, 0.6) is 0 Å². The molecule has 1 aliphatic rings. The van der Waals surface area contributed by atoms with Gasteiger partial charge in [0, 0.05) is 0 Å². The lowest BCUT2D eigenvalue weighted by Crippen LogP contribution is -2.65. The number of rotatable bonds is 11. The lowest BCUT2D eigenvalue weighted by atomic mass is 9.97. The highest BCUT2D eigenvalue weighted by Gasteiger charge is 2.56. The van der Waals surface area contributed by atoms with Crippen molar-refractivity contribution in [3.05, 3.63) is 0 Å². The summed E-state index contributed by atoms with van der Waals surface area (Å²) in [6.07, 6.45) is -7.73. The first-order chi connectivity index (χ1) is 18.6. The van der Waals surface area contributed by atoms with Crippen molar-refractivity contribution in [3.8, 4) is 0 Å². The first-order valence-corrected chi connectivity index (χ1v) is 16.6. The number of alkyl halides is 5. The van der Waals surface area contributed by atoms with Crippen LogP contribution in [0.25, 0.3) is 0 Å². The Morgan fingerprint density at radius 1 is 0.500 bits per heavy atom. The van der Waals surface area contributed by atoms with Gasteiger partial charge in [0.1, 0.15) is 34.3 Å². The average molecular weight is 925 g/mol. The molecule has 1 rings (SSSR count). The summed E-state index contributed by atoms with van der Waals surface area (Å²) in [6, 6.07) is 0. The fourth-order valence-corrected chi connectivity index (χ4v) is 3.36. The first kappa shape index (κ1) is 39.7. The Balaban J connectivity index is 3.82. The highest BCUT2D eigenvalue weighted by Crippen LogP contribution is 2.35. The topological polar surface area (TPSA) is 141 Å². The minimum absolute atomic E-state index is 0.517. The van der Waals surface area contributed by atoms with E-state index in [9.17, 15) is 24.0 Å². The van der Waals surface area contributed by atoms with Crippen molar-refractivity contribution in [1.29, 1.82) is 0 Å². The molecule has 0 saturated carbocycles. The standard InChI is InChI=1S/C26H37Br5O11/c1-22(2,27)17(32)37-11-12-13(39-18(33)23(3,4)28)14(40-19(34)24(5,6)29)15(41-20(35)25(7,8)30)16(38-12)42-21(36)26(9,10)31/h12-16H,11H2,1-10H3/t12-,13-,14+,15-,16+/m1/s1. The molecule has 42 heavy (non-hydrogen) atoms. The Hall–Kier alpha value is -0.290. The van der Waals surface area contributed by atoms with Crippen LogP contribution >= 0.6 is 79.6 Å². The maximum absolute atomic E-state index is 13.2. The molecule has 0 aliphatic carbocycles. The van der Waals surface area contributed by atoms with Crippen molar-refractivity contribution < 1.29 is 52.4 Å². The van der Waals surface area contributed by atoms with Crippen LogP contribution in [0.3, 0.4) is 0 Å². The van der Waals surface area contributed by atoms with Crippen LogP contribution in [0.4, 0.5) is 0 Å². The Kier molecular flexibility index (Phi) is 13.6. The number of hydrogen-bond acceptors (Lipinski definition) is 11. The van der Waals surface area contributed by atoms with Gasteiger partial charge in [-0.25, -0.2) is 0 Å². The van der Waals surface area contributed by atoms with Crippen molar-refractivity contribution in [1.82, 2.24) is 0 Å². The smallest absolute Gasteiger partial charge is 0.324 e. The Morgan fingerprint density at radius 3 is 1.17 bits per heavy atom. The van der Waals surface area contributed by atoms with E-state index in [4.69, 9.17) is 28.4 Å². The van der Waals surface area contributed by atoms with E-state index in [1.165, 1.54) is 55.4 Å². The van der Waals surface area contributed by atoms with Gasteiger partial charge < -0.3 is 28.4 Å². The summed E-state index contributed by atoms with van der Waals surface area (Å²) in [5.41, 5.74) is 0. The third-order valence-electron chi connectivity index (χ3n) is 5.35. The van der Waals surface area contributed by atoms with Crippen molar-refractivity contribution >= 4 is 109 Å². The van der Waals surface area contributed by atoms with Gasteiger partial charge in [0.15, 0.2) is 12.2 Å². The van der Waals surface area contributed by atoms with Gasteiger partial charge in [0.2, 0.25) is 12.4 Å². The molecule has 1 saturated heterocycles. The van der Waals surface area contributed by atoms with Crippen LogP contribution in [0, 0.1) is 0 Å². The molecule has 5 atom stereocenters. The fraction of sp³-hybridized carbons (Fsp3) is 0.808. The second-order valence-corrected chi connectivity index (χ2v) is 21.9. The van der Waals surface area contributed by atoms with Crippen LogP contribution in [0.2, 0.25) is 0 Å². The molecule has 0 N–H and O–H groups in total. The summed E-state index contributed by atoms with van der Waals surface area (Å²) in [7, 11) is 0. The third-order valence-corrected chi connectivity index (χ3v) is 6.97.